The number of nitrogens with zero attached hydrogens (tertiary/aromatic N) is 1. The lowest BCUT2D eigenvalue weighted by molar-refractivity contribution is 0.238. The molecule has 2 heterocycles. The lowest BCUT2D eigenvalue weighted by Gasteiger charge is -2.18. The second-order valence-corrected chi connectivity index (χ2v) is 5.06. The van der Waals surface area contributed by atoms with E-state index in [1.165, 1.54) is 31.4 Å². The number of hydrogen-bond donors (Lipinski definition) is 1. The molecule has 3 nitrogen and oxygen atoms in total. The van der Waals surface area contributed by atoms with Gasteiger partial charge in [0.2, 0.25) is 0 Å². The van der Waals surface area contributed by atoms with E-state index in [1.807, 2.05) is 6.26 Å². The van der Waals surface area contributed by atoms with Crippen LogP contribution in [0.3, 0.4) is 0 Å². The third-order valence-corrected chi connectivity index (χ3v) is 3.51. The maximum Gasteiger partial charge on any atom is 0.118 e. The summed E-state index contributed by atoms with van der Waals surface area (Å²) >= 11 is 0. The molecule has 1 aromatic rings. The fourth-order valence-corrected chi connectivity index (χ4v) is 2.44. The van der Waals surface area contributed by atoms with Crippen molar-refractivity contribution in [3.63, 3.8) is 0 Å². The molecule has 1 unspecified atom stereocenters. The van der Waals surface area contributed by atoms with Crippen molar-refractivity contribution < 1.29 is 4.42 Å². The Hall–Kier alpha value is -0.800. The minimum absolute atomic E-state index is 0.710. The van der Waals surface area contributed by atoms with E-state index in [1.54, 1.807) is 0 Å². The molecule has 1 atom stereocenters. The molecule has 0 aliphatic carbocycles. The van der Waals surface area contributed by atoms with Crippen LogP contribution in [0.5, 0.6) is 0 Å². The largest absolute Gasteiger partial charge is 0.468 e. The van der Waals surface area contributed by atoms with Gasteiger partial charge in [0.25, 0.3) is 0 Å². The van der Waals surface area contributed by atoms with Gasteiger partial charge < -0.3 is 9.73 Å². The number of hydrogen-bond acceptors (Lipinski definition) is 3. The molecule has 0 amide bonds. The first kappa shape index (κ1) is 12.7. The van der Waals surface area contributed by atoms with E-state index in [0.717, 1.165) is 25.4 Å². The van der Waals surface area contributed by atoms with E-state index >= 15 is 0 Å². The molecule has 1 saturated heterocycles. The molecule has 1 N–H and O–H groups in total. The molecule has 3 heteroatoms. The van der Waals surface area contributed by atoms with Gasteiger partial charge in [-0.25, -0.2) is 0 Å². The predicted octanol–water partition coefficient (Wildman–Crippen LogP) is 2.76. The van der Waals surface area contributed by atoms with Gasteiger partial charge in [-0.1, -0.05) is 6.92 Å². The van der Waals surface area contributed by atoms with Crippen LogP contribution < -0.4 is 5.32 Å². The Morgan fingerprint density at radius 3 is 3.12 bits per heavy atom. The molecular formula is C14H24N2O. The van der Waals surface area contributed by atoms with Crippen molar-refractivity contribution in [1.82, 2.24) is 10.2 Å². The highest BCUT2D eigenvalue weighted by Gasteiger charge is 2.21. The van der Waals surface area contributed by atoms with Crippen LogP contribution in [0.15, 0.2) is 16.7 Å². The van der Waals surface area contributed by atoms with E-state index in [9.17, 15) is 0 Å². The molecule has 0 radical (unpaired) electrons. The van der Waals surface area contributed by atoms with Crippen molar-refractivity contribution in [3.05, 3.63) is 23.7 Å². The van der Waals surface area contributed by atoms with Crippen molar-refractivity contribution in [1.29, 1.82) is 0 Å². The first-order valence-corrected chi connectivity index (χ1v) is 6.80. The molecule has 1 fully saturated rings. The summed E-state index contributed by atoms with van der Waals surface area (Å²) in [6, 6.07) is 2.90. The zero-order valence-electron chi connectivity index (χ0n) is 11.0. The molecular weight excluding hydrogens is 212 g/mol. The average molecular weight is 236 g/mol. The lowest BCUT2D eigenvalue weighted by Crippen LogP contribution is -2.25. The molecule has 17 heavy (non-hydrogen) atoms. The Labute approximate surface area is 104 Å². The molecule has 0 saturated carbocycles. The fourth-order valence-electron chi connectivity index (χ4n) is 2.44. The monoisotopic (exact) mass is 236 g/mol. The second-order valence-electron chi connectivity index (χ2n) is 5.06. The van der Waals surface area contributed by atoms with Gasteiger partial charge in [0.1, 0.15) is 5.76 Å². The van der Waals surface area contributed by atoms with Gasteiger partial charge in [-0.3, -0.25) is 4.90 Å². The van der Waals surface area contributed by atoms with Crippen molar-refractivity contribution in [3.8, 4) is 0 Å². The van der Waals surface area contributed by atoms with E-state index in [0.29, 0.717) is 6.04 Å². The van der Waals surface area contributed by atoms with E-state index < -0.39 is 0 Å². The topological polar surface area (TPSA) is 28.4 Å². The highest BCUT2D eigenvalue weighted by Crippen LogP contribution is 2.20. The summed E-state index contributed by atoms with van der Waals surface area (Å²) in [4.78, 5) is 2.50. The first-order chi connectivity index (χ1) is 8.29. The highest BCUT2D eigenvalue weighted by atomic mass is 16.3. The van der Waals surface area contributed by atoms with Crippen molar-refractivity contribution in [2.24, 2.45) is 0 Å². The Kier molecular flexibility index (Phi) is 4.63. The summed E-state index contributed by atoms with van der Waals surface area (Å²) in [5, 5.41) is 3.39. The Balaban J connectivity index is 1.81. The zero-order valence-corrected chi connectivity index (χ0v) is 11.0. The van der Waals surface area contributed by atoms with Crippen LogP contribution in [0.1, 0.15) is 44.4 Å². The summed E-state index contributed by atoms with van der Waals surface area (Å²) in [6.07, 6.45) is 5.72. The molecule has 1 aromatic heterocycles. The number of rotatable bonds is 6. The third kappa shape index (κ3) is 3.58. The van der Waals surface area contributed by atoms with Crippen LogP contribution in [0.4, 0.5) is 0 Å². The number of nitrogens with one attached hydrogen (secondary N) is 1. The molecule has 2 rings (SSSR count). The minimum Gasteiger partial charge on any atom is -0.468 e. The number of likely N-dealkylation sites (tertiary alicyclic amines) is 1. The normalized spacial score (nSPS) is 21.2. The van der Waals surface area contributed by atoms with E-state index in [4.69, 9.17) is 4.42 Å². The van der Waals surface area contributed by atoms with E-state index in [2.05, 4.69) is 30.1 Å². The quantitative estimate of drug-likeness (QED) is 0.770. The van der Waals surface area contributed by atoms with Crippen LogP contribution >= 0.6 is 0 Å². The molecule has 96 valence electrons. The Bertz CT molecular complexity index is 335. The Morgan fingerprint density at radius 2 is 2.41 bits per heavy atom. The summed E-state index contributed by atoms with van der Waals surface area (Å²) in [5.74, 6) is 1.10. The summed E-state index contributed by atoms with van der Waals surface area (Å²) < 4.78 is 5.62. The van der Waals surface area contributed by atoms with Gasteiger partial charge in [0.15, 0.2) is 0 Å². The molecule has 1 aliphatic heterocycles. The first-order valence-electron chi connectivity index (χ1n) is 6.80. The summed E-state index contributed by atoms with van der Waals surface area (Å²) in [6.45, 7) is 8.67. The maximum atomic E-state index is 5.62. The van der Waals surface area contributed by atoms with Crippen LogP contribution in [0.25, 0.3) is 0 Å². The van der Waals surface area contributed by atoms with Crippen LogP contribution in [-0.4, -0.2) is 24.0 Å². The van der Waals surface area contributed by atoms with Gasteiger partial charge in [-0.2, -0.15) is 0 Å². The highest BCUT2D eigenvalue weighted by molar-refractivity contribution is 5.12. The second kappa shape index (κ2) is 6.22. The standard InChI is InChI=1S/C14H24N2O/c1-3-6-15-9-13-8-14(17-11-13)10-16-7-4-5-12(16)2/h8,11-12,15H,3-7,9-10H2,1-2H3. The smallest absolute Gasteiger partial charge is 0.118 e. The summed E-state index contributed by atoms with van der Waals surface area (Å²) in [7, 11) is 0. The van der Waals surface area contributed by atoms with Crippen LogP contribution in [0.2, 0.25) is 0 Å². The van der Waals surface area contributed by atoms with Crippen LogP contribution in [0, 0.1) is 0 Å². The van der Waals surface area contributed by atoms with Crippen molar-refractivity contribution in [2.75, 3.05) is 13.1 Å². The fraction of sp³-hybridized carbons (Fsp3) is 0.714. The van der Waals surface area contributed by atoms with Gasteiger partial charge in [0, 0.05) is 18.2 Å². The Morgan fingerprint density at radius 1 is 1.53 bits per heavy atom. The molecule has 0 spiro atoms. The summed E-state index contributed by atoms with van der Waals surface area (Å²) in [5.41, 5.74) is 1.26. The van der Waals surface area contributed by atoms with Crippen molar-refractivity contribution in [2.45, 2.75) is 52.2 Å². The minimum atomic E-state index is 0.710. The van der Waals surface area contributed by atoms with Gasteiger partial charge in [-0.05, 0) is 45.3 Å². The zero-order chi connectivity index (χ0) is 12.1. The van der Waals surface area contributed by atoms with Crippen molar-refractivity contribution >= 4 is 0 Å². The predicted molar refractivity (Wildman–Crippen MR) is 69.8 cm³/mol. The molecule has 1 aliphatic rings. The van der Waals surface area contributed by atoms with Crippen LogP contribution in [-0.2, 0) is 13.1 Å². The third-order valence-electron chi connectivity index (χ3n) is 3.51. The van der Waals surface area contributed by atoms with E-state index in [-0.39, 0.29) is 0 Å². The SMILES string of the molecule is CCCNCc1coc(CN2CCCC2C)c1. The lowest BCUT2D eigenvalue weighted by atomic mass is 10.2. The molecule has 0 aromatic carbocycles. The molecule has 0 bridgehead atoms. The number of furan rings is 1. The average Bonchev–Trinajstić information content (AvgIpc) is 2.91. The van der Waals surface area contributed by atoms with Gasteiger partial charge in [-0.15, -0.1) is 0 Å². The maximum absolute atomic E-state index is 5.62. The van der Waals surface area contributed by atoms with Gasteiger partial charge in [0.05, 0.1) is 12.8 Å². The van der Waals surface area contributed by atoms with Gasteiger partial charge >= 0.3 is 0 Å².